The van der Waals surface area contributed by atoms with Gasteiger partial charge in [0.05, 0.1) is 17.6 Å². The highest BCUT2D eigenvalue weighted by atomic mass is 14.9. The Morgan fingerprint density at radius 1 is 1.38 bits per heavy atom. The molecule has 0 heterocycles. The minimum absolute atomic E-state index is 0.519. The molecule has 0 aliphatic heterocycles. The molecule has 1 rings (SSSR count). The average molecular weight is 172 g/mol. The molecule has 64 valence electrons. The highest BCUT2D eigenvalue weighted by Gasteiger charge is 1.95. The molecule has 0 fully saturated rings. The summed E-state index contributed by atoms with van der Waals surface area (Å²) in [7, 11) is 0. The number of hydrogen-bond acceptors (Lipinski definition) is 2. The minimum Gasteiger partial charge on any atom is -0.390 e. The maximum absolute atomic E-state index is 8.69. The molecule has 0 aromatic heterocycles. The van der Waals surface area contributed by atoms with Crippen LogP contribution in [0.3, 0.4) is 0 Å². The van der Waals surface area contributed by atoms with Crippen LogP contribution in [0.4, 0.5) is 5.69 Å². The quantitative estimate of drug-likeness (QED) is 0.537. The van der Waals surface area contributed by atoms with E-state index in [9.17, 15) is 0 Å². The number of aliphatic imine (C=N–C) groups is 2. The van der Waals surface area contributed by atoms with Gasteiger partial charge >= 0.3 is 0 Å². The lowest BCUT2D eigenvalue weighted by Crippen LogP contribution is -1.87. The van der Waals surface area contributed by atoms with Gasteiger partial charge in [0.15, 0.2) is 0 Å². The van der Waals surface area contributed by atoms with Crippen LogP contribution in [0.1, 0.15) is 5.56 Å². The van der Waals surface area contributed by atoms with Crippen LogP contribution in [0.2, 0.25) is 0 Å². The van der Waals surface area contributed by atoms with E-state index in [-0.39, 0.29) is 0 Å². The van der Waals surface area contributed by atoms with Crippen molar-refractivity contribution in [3.8, 4) is 6.07 Å². The summed E-state index contributed by atoms with van der Waals surface area (Å²) in [4.78, 5) is 7.54. The van der Waals surface area contributed by atoms with Crippen LogP contribution < -0.4 is 5.73 Å². The van der Waals surface area contributed by atoms with Crippen LogP contribution in [0.25, 0.3) is 0 Å². The van der Waals surface area contributed by atoms with Crippen molar-refractivity contribution in [2.24, 2.45) is 15.7 Å². The zero-order chi connectivity index (χ0) is 9.52. The van der Waals surface area contributed by atoms with E-state index in [4.69, 9.17) is 11.0 Å². The van der Waals surface area contributed by atoms with Crippen LogP contribution in [0.5, 0.6) is 0 Å². The molecule has 0 saturated carbocycles. The predicted molar refractivity (Wildman–Crippen MR) is 52.0 cm³/mol. The Morgan fingerprint density at radius 2 is 2.15 bits per heavy atom. The van der Waals surface area contributed by atoms with Gasteiger partial charge in [-0.3, -0.25) is 0 Å². The van der Waals surface area contributed by atoms with Crippen LogP contribution in [0, 0.1) is 11.3 Å². The van der Waals surface area contributed by atoms with Gasteiger partial charge in [0.1, 0.15) is 12.4 Å². The first-order chi connectivity index (χ1) is 6.38. The van der Waals surface area contributed by atoms with Gasteiger partial charge in [0, 0.05) is 0 Å². The number of benzene rings is 1. The summed E-state index contributed by atoms with van der Waals surface area (Å²) < 4.78 is 0. The van der Waals surface area contributed by atoms with Crippen molar-refractivity contribution in [3.63, 3.8) is 0 Å². The fourth-order valence-corrected chi connectivity index (χ4v) is 0.815. The summed E-state index contributed by atoms with van der Waals surface area (Å²) in [5, 5.41) is 8.69. The van der Waals surface area contributed by atoms with Crippen molar-refractivity contribution in [3.05, 3.63) is 29.8 Å². The summed E-state index contributed by atoms with van der Waals surface area (Å²) >= 11 is 0. The first kappa shape index (κ1) is 8.94. The smallest absolute Gasteiger partial charge is 0.117 e. The molecule has 4 nitrogen and oxygen atoms in total. The van der Waals surface area contributed by atoms with Crippen LogP contribution in [-0.2, 0) is 0 Å². The van der Waals surface area contributed by atoms with Gasteiger partial charge in [-0.2, -0.15) is 5.26 Å². The largest absolute Gasteiger partial charge is 0.390 e. The van der Waals surface area contributed by atoms with Gasteiger partial charge in [0.25, 0.3) is 0 Å². The molecule has 0 spiro atoms. The molecule has 0 bridgehead atoms. The third-order valence-electron chi connectivity index (χ3n) is 1.37. The van der Waals surface area contributed by atoms with E-state index in [0.717, 1.165) is 6.34 Å². The summed E-state index contributed by atoms with van der Waals surface area (Å²) in [5.74, 6) is 0. The lowest BCUT2D eigenvalue weighted by Gasteiger charge is -1.93. The standard InChI is InChI=1S/C9H8N4/c10-5-8-3-1-2-4-9(8)13-7-12-6-11/h1-4,6-7H,(H2,11,12,13). The van der Waals surface area contributed by atoms with Crippen molar-refractivity contribution < 1.29 is 0 Å². The van der Waals surface area contributed by atoms with Gasteiger partial charge in [-0.05, 0) is 12.1 Å². The fraction of sp³-hybridized carbons (Fsp3) is 0. The maximum Gasteiger partial charge on any atom is 0.117 e. The molecule has 13 heavy (non-hydrogen) atoms. The molecule has 2 N–H and O–H groups in total. The van der Waals surface area contributed by atoms with Crippen molar-refractivity contribution >= 4 is 18.4 Å². The van der Waals surface area contributed by atoms with Crippen molar-refractivity contribution in [2.45, 2.75) is 0 Å². The lowest BCUT2D eigenvalue weighted by molar-refractivity contribution is 1.44. The summed E-state index contributed by atoms with van der Waals surface area (Å²) in [6, 6.07) is 9.04. The number of nitriles is 1. The molecule has 0 aliphatic rings. The molecule has 0 aliphatic carbocycles. The molecule has 0 unspecified atom stereocenters. The minimum atomic E-state index is 0.519. The molecular formula is C9H8N4. The van der Waals surface area contributed by atoms with Crippen LogP contribution in [0.15, 0.2) is 34.3 Å². The fourth-order valence-electron chi connectivity index (χ4n) is 0.815. The van der Waals surface area contributed by atoms with Gasteiger partial charge in [-0.1, -0.05) is 12.1 Å². The zero-order valence-corrected chi connectivity index (χ0v) is 6.88. The molecule has 0 atom stereocenters. The van der Waals surface area contributed by atoms with Crippen molar-refractivity contribution in [1.29, 1.82) is 5.26 Å². The van der Waals surface area contributed by atoms with E-state index >= 15 is 0 Å². The zero-order valence-electron chi connectivity index (χ0n) is 6.88. The summed E-state index contributed by atoms with van der Waals surface area (Å²) in [6.07, 6.45) is 2.44. The van der Waals surface area contributed by atoms with Gasteiger partial charge < -0.3 is 5.73 Å². The molecule has 1 aromatic rings. The van der Waals surface area contributed by atoms with E-state index < -0.39 is 0 Å². The van der Waals surface area contributed by atoms with Crippen molar-refractivity contribution in [1.82, 2.24) is 0 Å². The topological polar surface area (TPSA) is 74.5 Å². The number of hydrogen-bond donors (Lipinski definition) is 1. The number of rotatable bonds is 2. The highest BCUT2D eigenvalue weighted by molar-refractivity contribution is 5.73. The second-order valence-electron chi connectivity index (χ2n) is 2.17. The van der Waals surface area contributed by atoms with Crippen molar-refractivity contribution in [2.75, 3.05) is 0 Å². The SMILES string of the molecule is N#Cc1ccccc1N=CN=CN. The molecule has 4 heteroatoms. The Hall–Kier alpha value is -2.15. The van der Waals surface area contributed by atoms with E-state index in [1.165, 1.54) is 6.34 Å². The van der Waals surface area contributed by atoms with E-state index in [2.05, 4.69) is 9.98 Å². The van der Waals surface area contributed by atoms with Crippen LogP contribution >= 0.6 is 0 Å². The Labute approximate surface area is 76.0 Å². The lowest BCUT2D eigenvalue weighted by atomic mass is 10.2. The highest BCUT2D eigenvalue weighted by Crippen LogP contribution is 2.16. The first-order valence-electron chi connectivity index (χ1n) is 3.63. The molecule has 0 amide bonds. The monoisotopic (exact) mass is 172 g/mol. The Balaban J connectivity index is 2.95. The molecule has 1 aromatic carbocycles. The molecule has 0 saturated heterocycles. The number of nitrogens with zero attached hydrogens (tertiary/aromatic N) is 3. The number of nitrogens with two attached hydrogens (primary N) is 1. The van der Waals surface area contributed by atoms with Crippen LogP contribution in [-0.4, -0.2) is 12.7 Å². The first-order valence-corrected chi connectivity index (χ1v) is 3.63. The van der Waals surface area contributed by atoms with Gasteiger partial charge in [-0.25, -0.2) is 9.98 Å². The second kappa shape index (κ2) is 4.67. The molecular weight excluding hydrogens is 164 g/mol. The van der Waals surface area contributed by atoms with E-state index in [1.807, 2.05) is 6.07 Å². The average Bonchev–Trinajstić information content (AvgIpc) is 2.19. The van der Waals surface area contributed by atoms with Gasteiger partial charge in [0.2, 0.25) is 0 Å². The predicted octanol–water partition coefficient (Wildman–Crippen LogP) is 1.21. The number of para-hydroxylation sites is 1. The third-order valence-corrected chi connectivity index (χ3v) is 1.37. The summed E-state index contributed by atoms with van der Waals surface area (Å²) in [5.41, 5.74) is 6.13. The summed E-state index contributed by atoms with van der Waals surface area (Å²) in [6.45, 7) is 0. The Kier molecular flexibility index (Phi) is 3.21. The second-order valence-corrected chi connectivity index (χ2v) is 2.17. The maximum atomic E-state index is 8.69. The normalized spacial score (nSPS) is 10.7. The van der Waals surface area contributed by atoms with E-state index in [0.29, 0.717) is 11.3 Å². The molecule has 0 radical (unpaired) electrons. The Bertz CT molecular complexity index is 373. The van der Waals surface area contributed by atoms with Gasteiger partial charge in [-0.15, -0.1) is 0 Å². The van der Waals surface area contributed by atoms with E-state index in [1.54, 1.807) is 24.3 Å². The Morgan fingerprint density at radius 3 is 2.85 bits per heavy atom. The third kappa shape index (κ3) is 2.42.